The molecule has 5 heteroatoms. The van der Waals surface area contributed by atoms with E-state index in [2.05, 4.69) is 6.58 Å². The Morgan fingerprint density at radius 3 is 2.47 bits per heavy atom. The molecule has 1 heterocycles. The standard InChI is InChI=1S/C14H24BNO3/c1-7-13(17-10(2)3)8-12(9-16)15-18-11(4)14(5,6)19-15/h7-11H,1,16H2,2-6H3/b12-9+,13-8+. The van der Waals surface area contributed by atoms with Gasteiger partial charge in [-0.25, -0.2) is 0 Å². The van der Waals surface area contributed by atoms with Gasteiger partial charge in [0.05, 0.1) is 17.8 Å². The maximum atomic E-state index is 5.86. The second-order valence-corrected chi connectivity index (χ2v) is 5.42. The van der Waals surface area contributed by atoms with Crippen molar-refractivity contribution in [3.05, 3.63) is 36.2 Å². The molecule has 0 amide bonds. The Labute approximate surface area is 116 Å². The summed E-state index contributed by atoms with van der Waals surface area (Å²) < 4.78 is 17.2. The monoisotopic (exact) mass is 265 g/mol. The van der Waals surface area contributed by atoms with Crippen LogP contribution in [0.3, 0.4) is 0 Å². The van der Waals surface area contributed by atoms with Gasteiger partial charge in [0.2, 0.25) is 0 Å². The van der Waals surface area contributed by atoms with Gasteiger partial charge in [0.15, 0.2) is 0 Å². The summed E-state index contributed by atoms with van der Waals surface area (Å²) in [4.78, 5) is 0. The molecule has 1 rings (SSSR count). The van der Waals surface area contributed by atoms with Crippen LogP contribution < -0.4 is 5.73 Å². The van der Waals surface area contributed by atoms with Crippen LogP contribution in [0.4, 0.5) is 0 Å². The summed E-state index contributed by atoms with van der Waals surface area (Å²) in [5.41, 5.74) is 6.06. The van der Waals surface area contributed by atoms with Crippen molar-refractivity contribution in [2.45, 2.75) is 52.4 Å². The summed E-state index contributed by atoms with van der Waals surface area (Å²) >= 11 is 0. The minimum atomic E-state index is -0.472. The van der Waals surface area contributed by atoms with Crippen LogP contribution in [0.1, 0.15) is 34.6 Å². The highest BCUT2D eigenvalue weighted by Gasteiger charge is 2.44. The SMILES string of the molecule is C=C/C(=C\C(=C/N)B1OC(C)C(C)(C)O1)OC(C)C. The highest BCUT2D eigenvalue weighted by Crippen LogP contribution is 2.30. The van der Waals surface area contributed by atoms with Crippen molar-refractivity contribution in [2.24, 2.45) is 5.73 Å². The van der Waals surface area contributed by atoms with Crippen molar-refractivity contribution in [3.8, 4) is 0 Å². The van der Waals surface area contributed by atoms with Crippen molar-refractivity contribution in [2.75, 3.05) is 0 Å². The zero-order valence-electron chi connectivity index (χ0n) is 12.5. The van der Waals surface area contributed by atoms with Crippen LogP contribution in [0, 0.1) is 0 Å². The Hall–Kier alpha value is -1.20. The molecule has 0 radical (unpaired) electrons. The number of ether oxygens (including phenoxy) is 1. The van der Waals surface area contributed by atoms with Crippen LogP contribution in [0.2, 0.25) is 0 Å². The molecule has 106 valence electrons. The maximum Gasteiger partial charge on any atom is 0.496 e. The third-order valence-electron chi connectivity index (χ3n) is 3.06. The Morgan fingerprint density at radius 1 is 1.47 bits per heavy atom. The number of allylic oxidation sites excluding steroid dienone is 3. The van der Waals surface area contributed by atoms with Crippen molar-refractivity contribution in [1.29, 1.82) is 0 Å². The summed E-state index contributed by atoms with van der Waals surface area (Å²) in [5, 5.41) is 0. The second-order valence-electron chi connectivity index (χ2n) is 5.42. The summed E-state index contributed by atoms with van der Waals surface area (Å²) in [6.45, 7) is 13.6. The quantitative estimate of drug-likeness (QED) is 0.471. The normalized spacial score (nSPS) is 23.9. The van der Waals surface area contributed by atoms with Gasteiger partial charge >= 0.3 is 7.12 Å². The molecule has 2 N–H and O–H groups in total. The van der Waals surface area contributed by atoms with Gasteiger partial charge in [-0.3, -0.25) is 0 Å². The third-order valence-corrected chi connectivity index (χ3v) is 3.06. The Kier molecular flexibility index (Phi) is 5.26. The predicted molar refractivity (Wildman–Crippen MR) is 78.2 cm³/mol. The molecule has 0 aromatic rings. The van der Waals surface area contributed by atoms with Crippen LogP contribution in [0.15, 0.2) is 36.2 Å². The maximum absolute atomic E-state index is 5.86. The number of hydrogen-bond donors (Lipinski definition) is 1. The zero-order chi connectivity index (χ0) is 14.6. The van der Waals surface area contributed by atoms with E-state index in [9.17, 15) is 0 Å². The molecule has 0 spiro atoms. The molecule has 0 aromatic heterocycles. The van der Waals surface area contributed by atoms with Gasteiger partial charge in [-0.1, -0.05) is 6.58 Å². The number of rotatable bonds is 5. The van der Waals surface area contributed by atoms with Crippen molar-refractivity contribution in [1.82, 2.24) is 0 Å². The Balaban J connectivity index is 2.85. The first-order chi connectivity index (χ1) is 8.80. The largest absolute Gasteiger partial charge is 0.496 e. The lowest BCUT2D eigenvalue weighted by Crippen LogP contribution is -2.30. The molecule has 1 unspecified atom stereocenters. The lowest BCUT2D eigenvalue weighted by Gasteiger charge is -2.21. The molecule has 1 atom stereocenters. The van der Waals surface area contributed by atoms with Crippen molar-refractivity contribution >= 4 is 7.12 Å². The molecule has 19 heavy (non-hydrogen) atoms. The first-order valence-electron chi connectivity index (χ1n) is 6.56. The Bertz CT molecular complexity index is 388. The first kappa shape index (κ1) is 15.9. The minimum Gasteiger partial charge on any atom is -0.491 e. The molecule has 0 saturated carbocycles. The number of nitrogens with two attached hydrogens (primary N) is 1. The van der Waals surface area contributed by atoms with E-state index < -0.39 is 7.12 Å². The fraction of sp³-hybridized carbons (Fsp3) is 0.571. The van der Waals surface area contributed by atoms with E-state index in [1.807, 2.05) is 34.6 Å². The molecule has 4 nitrogen and oxygen atoms in total. The third kappa shape index (κ3) is 4.15. The van der Waals surface area contributed by atoms with Crippen LogP contribution in [-0.4, -0.2) is 24.9 Å². The molecule has 0 aromatic carbocycles. The van der Waals surface area contributed by atoms with E-state index in [1.54, 1.807) is 12.2 Å². The molecular formula is C14H24BNO3. The fourth-order valence-electron chi connectivity index (χ4n) is 1.67. The van der Waals surface area contributed by atoms with Crippen LogP contribution >= 0.6 is 0 Å². The lowest BCUT2D eigenvalue weighted by molar-refractivity contribution is 0.0841. The second kappa shape index (κ2) is 6.30. The highest BCUT2D eigenvalue weighted by atomic mass is 16.7. The highest BCUT2D eigenvalue weighted by molar-refractivity contribution is 6.55. The van der Waals surface area contributed by atoms with E-state index >= 15 is 0 Å². The predicted octanol–water partition coefficient (Wildman–Crippen LogP) is 2.57. The van der Waals surface area contributed by atoms with Gasteiger partial charge < -0.3 is 19.8 Å². The van der Waals surface area contributed by atoms with Crippen molar-refractivity contribution < 1.29 is 14.0 Å². The molecule has 0 aliphatic carbocycles. The van der Waals surface area contributed by atoms with Crippen LogP contribution in [0.25, 0.3) is 0 Å². The molecule has 1 aliphatic rings. The average molecular weight is 265 g/mol. The molecular weight excluding hydrogens is 241 g/mol. The Morgan fingerprint density at radius 2 is 2.11 bits per heavy atom. The van der Waals surface area contributed by atoms with Gasteiger partial charge in [-0.05, 0) is 53.0 Å². The smallest absolute Gasteiger partial charge is 0.491 e. The van der Waals surface area contributed by atoms with Gasteiger partial charge in [-0.15, -0.1) is 0 Å². The topological polar surface area (TPSA) is 53.7 Å². The molecule has 1 fully saturated rings. The van der Waals surface area contributed by atoms with Crippen LogP contribution in [-0.2, 0) is 14.0 Å². The fourth-order valence-corrected chi connectivity index (χ4v) is 1.67. The minimum absolute atomic E-state index is 0.000881. The van der Waals surface area contributed by atoms with E-state index in [0.717, 1.165) is 5.47 Å². The molecule has 0 bridgehead atoms. The molecule has 1 aliphatic heterocycles. The van der Waals surface area contributed by atoms with E-state index in [1.165, 1.54) is 6.20 Å². The summed E-state index contributed by atoms with van der Waals surface area (Å²) in [7, 11) is -0.472. The summed E-state index contributed by atoms with van der Waals surface area (Å²) in [6.07, 6.45) is 4.99. The average Bonchev–Trinajstić information content (AvgIpc) is 2.58. The first-order valence-corrected chi connectivity index (χ1v) is 6.56. The van der Waals surface area contributed by atoms with Crippen LogP contribution in [0.5, 0.6) is 0 Å². The van der Waals surface area contributed by atoms with E-state index in [4.69, 9.17) is 19.8 Å². The molecule has 1 saturated heterocycles. The van der Waals surface area contributed by atoms with E-state index in [0.29, 0.717) is 5.76 Å². The van der Waals surface area contributed by atoms with Gasteiger partial charge in [-0.2, -0.15) is 0 Å². The zero-order valence-corrected chi connectivity index (χ0v) is 12.5. The van der Waals surface area contributed by atoms with Gasteiger partial charge in [0.25, 0.3) is 0 Å². The van der Waals surface area contributed by atoms with E-state index in [-0.39, 0.29) is 17.8 Å². The van der Waals surface area contributed by atoms with Crippen molar-refractivity contribution in [3.63, 3.8) is 0 Å². The van der Waals surface area contributed by atoms with Gasteiger partial charge in [0, 0.05) is 5.47 Å². The summed E-state index contributed by atoms with van der Waals surface area (Å²) in [6, 6.07) is 0. The number of hydrogen-bond acceptors (Lipinski definition) is 4. The van der Waals surface area contributed by atoms with Gasteiger partial charge in [0.1, 0.15) is 5.76 Å². The summed E-state index contributed by atoms with van der Waals surface area (Å²) in [5.74, 6) is 0.649. The lowest BCUT2D eigenvalue weighted by atomic mass is 9.78.